The molecule has 2 amide bonds. The number of hydrogen-bond donors (Lipinski definition) is 2. The normalized spacial score (nSPS) is 15.1. The van der Waals surface area contributed by atoms with Gasteiger partial charge in [0.15, 0.2) is 5.76 Å². The summed E-state index contributed by atoms with van der Waals surface area (Å²) in [5, 5.41) is 5.78. The number of ether oxygens (including phenoxy) is 1. The molecule has 1 aliphatic heterocycles. The van der Waals surface area contributed by atoms with Gasteiger partial charge in [0.2, 0.25) is 5.91 Å². The summed E-state index contributed by atoms with van der Waals surface area (Å²) in [6, 6.07) is 10.7. The van der Waals surface area contributed by atoms with E-state index in [2.05, 4.69) is 20.4 Å². The molecule has 1 saturated heterocycles. The quantitative estimate of drug-likeness (QED) is 0.666. The molecule has 1 aliphatic rings. The maximum atomic E-state index is 12.3. The summed E-state index contributed by atoms with van der Waals surface area (Å²) in [6.45, 7) is 7.65. The highest BCUT2D eigenvalue weighted by Crippen LogP contribution is 2.15. The SMILES string of the molecule is CCOc1ccc(NC(=O)CN2CCN(CCNC(=O)c3ccco3)CC2)cc1. The Hall–Kier alpha value is -2.84. The van der Waals surface area contributed by atoms with E-state index in [1.807, 2.05) is 31.2 Å². The number of furan rings is 1. The van der Waals surface area contributed by atoms with E-state index in [0.717, 1.165) is 44.2 Å². The molecule has 0 spiro atoms. The van der Waals surface area contributed by atoms with Crippen molar-refractivity contribution in [2.24, 2.45) is 0 Å². The second-order valence-electron chi connectivity index (χ2n) is 6.86. The monoisotopic (exact) mass is 400 g/mol. The smallest absolute Gasteiger partial charge is 0.287 e. The molecule has 29 heavy (non-hydrogen) atoms. The van der Waals surface area contributed by atoms with Gasteiger partial charge in [-0.05, 0) is 43.3 Å². The van der Waals surface area contributed by atoms with Crippen LogP contribution in [0.25, 0.3) is 0 Å². The maximum Gasteiger partial charge on any atom is 0.287 e. The van der Waals surface area contributed by atoms with Crippen LogP contribution >= 0.6 is 0 Å². The molecule has 2 N–H and O–H groups in total. The highest BCUT2D eigenvalue weighted by atomic mass is 16.5. The standard InChI is InChI=1S/C21H28N4O4/c1-2-28-18-7-5-17(6-8-18)23-20(26)16-25-13-11-24(12-14-25)10-9-22-21(27)19-4-3-15-29-19/h3-8,15H,2,9-14,16H2,1H3,(H,22,27)(H,23,26). The van der Waals surface area contributed by atoms with Gasteiger partial charge >= 0.3 is 0 Å². The zero-order valence-corrected chi connectivity index (χ0v) is 16.7. The number of nitrogens with zero attached hydrogens (tertiary/aromatic N) is 2. The van der Waals surface area contributed by atoms with Crippen LogP contribution in [0.5, 0.6) is 5.75 Å². The van der Waals surface area contributed by atoms with Gasteiger partial charge in [-0.2, -0.15) is 0 Å². The topological polar surface area (TPSA) is 87.0 Å². The molecular formula is C21H28N4O4. The van der Waals surface area contributed by atoms with Gasteiger partial charge in [-0.3, -0.25) is 19.4 Å². The van der Waals surface area contributed by atoms with Crippen molar-refractivity contribution in [3.63, 3.8) is 0 Å². The molecule has 0 aliphatic carbocycles. The van der Waals surface area contributed by atoms with Crippen molar-refractivity contribution < 1.29 is 18.7 Å². The number of amides is 2. The number of hydrogen-bond acceptors (Lipinski definition) is 6. The van der Waals surface area contributed by atoms with Crippen LogP contribution in [0.3, 0.4) is 0 Å². The van der Waals surface area contributed by atoms with Crippen LogP contribution in [-0.4, -0.2) is 74.0 Å². The molecule has 1 aromatic carbocycles. The van der Waals surface area contributed by atoms with Crippen molar-refractivity contribution in [2.75, 3.05) is 57.7 Å². The minimum Gasteiger partial charge on any atom is -0.494 e. The zero-order valence-electron chi connectivity index (χ0n) is 16.7. The molecule has 0 saturated carbocycles. The summed E-state index contributed by atoms with van der Waals surface area (Å²) < 4.78 is 10.5. The van der Waals surface area contributed by atoms with Gasteiger partial charge in [0, 0.05) is 45.0 Å². The molecule has 8 heteroatoms. The minimum absolute atomic E-state index is 0.0201. The van der Waals surface area contributed by atoms with E-state index in [9.17, 15) is 9.59 Å². The third-order valence-corrected chi connectivity index (χ3v) is 4.74. The molecule has 0 atom stereocenters. The number of anilines is 1. The van der Waals surface area contributed by atoms with Crippen molar-refractivity contribution in [3.05, 3.63) is 48.4 Å². The van der Waals surface area contributed by atoms with E-state index in [4.69, 9.17) is 9.15 Å². The number of rotatable bonds is 9. The molecule has 2 heterocycles. The maximum absolute atomic E-state index is 12.3. The Morgan fingerprint density at radius 2 is 1.79 bits per heavy atom. The van der Waals surface area contributed by atoms with Crippen molar-refractivity contribution in [1.82, 2.24) is 15.1 Å². The van der Waals surface area contributed by atoms with Gasteiger partial charge in [0.1, 0.15) is 5.75 Å². The molecule has 0 bridgehead atoms. The van der Waals surface area contributed by atoms with Crippen LogP contribution in [0.2, 0.25) is 0 Å². The Morgan fingerprint density at radius 3 is 2.45 bits per heavy atom. The fraction of sp³-hybridized carbons (Fsp3) is 0.429. The van der Waals surface area contributed by atoms with E-state index < -0.39 is 0 Å². The number of benzene rings is 1. The average molecular weight is 400 g/mol. The van der Waals surface area contributed by atoms with Crippen LogP contribution in [0.15, 0.2) is 47.1 Å². The third kappa shape index (κ3) is 6.62. The summed E-state index contributed by atoms with van der Waals surface area (Å²) >= 11 is 0. The molecule has 0 unspecified atom stereocenters. The van der Waals surface area contributed by atoms with Crippen molar-refractivity contribution in [1.29, 1.82) is 0 Å². The molecule has 3 rings (SSSR count). The van der Waals surface area contributed by atoms with E-state index in [1.54, 1.807) is 12.1 Å². The first kappa shape index (κ1) is 20.9. The molecule has 156 valence electrons. The van der Waals surface area contributed by atoms with E-state index in [0.29, 0.717) is 25.5 Å². The summed E-state index contributed by atoms with van der Waals surface area (Å²) in [5.41, 5.74) is 0.768. The largest absolute Gasteiger partial charge is 0.494 e. The second kappa shape index (κ2) is 10.6. The van der Waals surface area contributed by atoms with Gasteiger partial charge in [0.05, 0.1) is 19.4 Å². The average Bonchev–Trinajstić information content (AvgIpc) is 3.26. The second-order valence-corrected chi connectivity index (χ2v) is 6.86. The van der Waals surface area contributed by atoms with Crippen LogP contribution < -0.4 is 15.4 Å². The number of carbonyl (C=O) groups is 2. The van der Waals surface area contributed by atoms with Gasteiger partial charge in [-0.1, -0.05) is 0 Å². The fourth-order valence-electron chi connectivity index (χ4n) is 3.20. The summed E-state index contributed by atoms with van der Waals surface area (Å²) in [5.74, 6) is 0.906. The number of carbonyl (C=O) groups excluding carboxylic acids is 2. The Bertz CT molecular complexity index is 768. The summed E-state index contributed by atoms with van der Waals surface area (Å²) in [4.78, 5) is 28.5. The predicted octanol–water partition coefficient (Wildman–Crippen LogP) is 1.66. The van der Waals surface area contributed by atoms with Gasteiger partial charge in [-0.15, -0.1) is 0 Å². The first-order valence-corrected chi connectivity index (χ1v) is 9.93. The van der Waals surface area contributed by atoms with Crippen LogP contribution in [-0.2, 0) is 4.79 Å². The highest BCUT2D eigenvalue weighted by molar-refractivity contribution is 5.92. The van der Waals surface area contributed by atoms with E-state index in [-0.39, 0.29) is 11.8 Å². The van der Waals surface area contributed by atoms with Gasteiger partial charge < -0.3 is 19.8 Å². The fourth-order valence-corrected chi connectivity index (χ4v) is 3.20. The van der Waals surface area contributed by atoms with E-state index >= 15 is 0 Å². The Labute approximate surface area is 170 Å². The Kier molecular flexibility index (Phi) is 7.66. The number of piperazine rings is 1. The molecule has 1 fully saturated rings. The lowest BCUT2D eigenvalue weighted by Crippen LogP contribution is -2.50. The van der Waals surface area contributed by atoms with Crippen molar-refractivity contribution >= 4 is 17.5 Å². The van der Waals surface area contributed by atoms with Gasteiger partial charge in [-0.25, -0.2) is 0 Å². The Morgan fingerprint density at radius 1 is 1.07 bits per heavy atom. The lowest BCUT2D eigenvalue weighted by atomic mass is 10.3. The van der Waals surface area contributed by atoms with Gasteiger partial charge in [0.25, 0.3) is 5.91 Å². The first-order valence-electron chi connectivity index (χ1n) is 9.93. The molecule has 1 aromatic heterocycles. The van der Waals surface area contributed by atoms with Crippen molar-refractivity contribution in [2.45, 2.75) is 6.92 Å². The summed E-state index contributed by atoms with van der Waals surface area (Å²) in [6.07, 6.45) is 1.49. The molecule has 2 aromatic rings. The molecular weight excluding hydrogens is 372 g/mol. The van der Waals surface area contributed by atoms with Crippen molar-refractivity contribution in [3.8, 4) is 5.75 Å². The minimum atomic E-state index is -0.195. The molecule has 8 nitrogen and oxygen atoms in total. The lowest BCUT2D eigenvalue weighted by Gasteiger charge is -2.34. The Balaban J connectivity index is 1.31. The van der Waals surface area contributed by atoms with Crippen LogP contribution in [0.4, 0.5) is 5.69 Å². The first-order chi connectivity index (χ1) is 14.1. The van der Waals surface area contributed by atoms with Crippen LogP contribution in [0.1, 0.15) is 17.5 Å². The number of nitrogens with one attached hydrogen (secondary N) is 2. The van der Waals surface area contributed by atoms with E-state index in [1.165, 1.54) is 6.26 Å². The highest BCUT2D eigenvalue weighted by Gasteiger charge is 2.19. The lowest BCUT2D eigenvalue weighted by molar-refractivity contribution is -0.117. The van der Waals surface area contributed by atoms with Crippen LogP contribution in [0, 0.1) is 0 Å². The predicted molar refractivity (Wildman–Crippen MR) is 110 cm³/mol. The summed E-state index contributed by atoms with van der Waals surface area (Å²) in [7, 11) is 0. The zero-order chi connectivity index (χ0) is 20.5. The molecule has 0 radical (unpaired) electrons. The third-order valence-electron chi connectivity index (χ3n) is 4.74.